The van der Waals surface area contributed by atoms with Crippen LogP contribution in [0.1, 0.15) is 48.9 Å². The summed E-state index contributed by atoms with van der Waals surface area (Å²) < 4.78 is 0. The topological polar surface area (TPSA) is 0 Å². The van der Waals surface area contributed by atoms with E-state index in [4.69, 9.17) is 0 Å². The van der Waals surface area contributed by atoms with Crippen LogP contribution in [-0.4, -0.2) is 0 Å². The molecule has 0 amide bonds. The fraction of sp³-hybridized carbons (Fsp3) is 0.214. The van der Waals surface area contributed by atoms with Crippen molar-refractivity contribution in [3.8, 4) is 34.8 Å². The molecule has 0 heterocycles. The van der Waals surface area contributed by atoms with Gasteiger partial charge in [0.15, 0.2) is 0 Å². The number of benzene rings is 3. The van der Waals surface area contributed by atoms with Crippen LogP contribution in [0.25, 0.3) is 11.1 Å². The number of unbranched alkanes of at least 4 members (excludes halogenated alkanes) is 1. The van der Waals surface area contributed by atoms with Gasteiger partial charge < -0.3 is 0 Å². The average Bonchev–Trinajstić information content (AvgIpc) is 2.76. The molecule has 0 spiro atoms. The second-order valence-corrected chi connectivity index (χ2v) is 6.86. The Labute approximate surface area is 169 Å². The van der Waals surface area contributed by atoms with Crippen molar-refractivity contribution in [2.75, 3.05) is 0 Å². The molecule has 0 aliphatic carbocycles. The van der Waals surface area contributed by atoms with Crippen molar-refractivity contribution in [2.45, 2.75) is 39.5 Å². The summed E-state index contributed by atoms with van der Waals surface area (Å²) in [4.78, 5) is 0. The van der Waals surface area contributed by atoms with Crippen LogP contribution >= 0.6 is 0 Å². The van der Waals surface area contributed by atoms with E-state index < -0.39 is 0 Å². The molecule has 0 nitrogen and oxygen atoms in total. The Balaban J connectivity index is 1.64. The fourth-order valence-corrected chi connectivity index (χ4v) is 2.91. The second-order valence-electron chi connectivity index (χ2n) is 6.86. The van der Waals surface area contributed by atoms with Crippen LogP contribution in [-0.2, 0) is 12.8 Å². The molecule has 0 N–H and O–H groups in total. The summed E-state index contributed by atoms with van der Waals surface area (Å²) in [7, 11) is 0. The Morgan fingerprint density at radius 2 is 1.07 bits per heavy atom. The maximum atomic E-state index is 3.26. The van der Waals surface area contributed by atoms with Crippen molar-refractivity contribution in [3.63, 3.8) is 0 Å². The van der Waals surface area contributed by atoms with Gasteiger partial charge in [-0.15, -0.1) is 5.92 Å². The minimum Gasteiger partial charge on any atom is -0.103 e. The molecule has 3 aromatic rings. The van der Waals surface area contributed by atoms with Crippen molar-refractivity contribution in [1.82, 2.24) is 0 Å². The van der Waals surface area contributed by atoms with Crippen molar-refractivity contribution < 1.29 is 0 Å². The first kappa shape index (κ1) is 19.5. The van der Waals surface area contributed by atoms with Crippen LogP contribution in [0.4, 0.5) is 0 Å². The summed E-state index contributed by atoms with van der Waals surface area (Å²) in [6.45, 7) is 4.33. The predicted molar refractivity (Wildman–Crippen MR) is 120 cm³/mol. The smallest absolute Gasteiger partial charge is 0.0340 e. The van der Waals surface area contributed by atoms with Gasteiger partial charge in [0.05, 0.1) is 0 Å². The van der Waals surface area contributed by atoms with Gasteiger partial charge in [-0.2, -0.15) is 0 Å². The molecule has 0 fully saturated rings. The van der Waals surface area contributed by atoms with E-state index in [1.54, 1.807) is 0 Å². The maximum Gasteiger partial charge on any atom is 0.0340 e. The zero-order valence-corrected chi connectivity index (χ0v) is 16.8. The Bertz CT molecular complexity index is 996. The van der Waals surface area contributed by atoms with Crippen LogP contribution in [0.5, 0.6) is 0 Å². The summed E-state index contributed by atoms with van der Waals surface area (Å²) >= 11 is 0. The van der Waals surface area contributed by atoms with Gasteiger partial charge in [-0.1, -0.05) is 80.1 Å². The van der Waals surface area contributed by atoms with Crippen LogP contribution in [0.3, 0.4) is 0 Å². The molecule has 3 aromatic carbocycles. The first-order valence-electron chi connectivity index (χ1n) is 10.0. The molecule has 28 heavy (non-hydrogen) atoms. The van der Waals surface area contributed by atoms with E-state index in [0.717, 1.165) is 36.8 Å². The van der Waals surface area contributed by atoms with E-state index in [2.05, 4.69) is 110 Å². The lowest BCUT2D eigenvalue weighted by Gasteiger charge is -2.03. The fourth-order valence-electron chi connectivity index (χ4n) is 2.91. The van der Waals surface area contributed by atoms with Gasteiger partial charge in [-0.3, -0.25) is 0 Å². The van der Waals surface area contributed by atoms with E-state index in [9.17, 15) is 0 Å². The average molecular weight is 363 g/mol. The molecule has 0 aromatic heterocycles. The molecule has 0 aliphatic rings. The van der Waals surface area contributed by atoms with Gasteiger partial charge >= 0.3 is 0 Å². The Kier molecular flexibility index (Phi) is 7.12. The van der Waals surface area contributed by atoms with E-state index in [0.29, 0.717) is 0 Å². The third-order valence-electron chi connectivity index (χ3n) is 4.68. The van der Waals surface area contributed by atoms with Crippen LogP contribution < -0.4 is 0 Å². The number of rotatable bonds is 4. The number of aryl methyl sites for hydroxylation is 1. The highest BCUT2D eigenvalue weighted by Gasteiger charge is 1.98. The molecular formula is C28H26. The molecule has 0 radical (unpaired) electrons. The minimum absolute atomic E-state index is 0.814. The van der Waals surface area contributed by atoms with Crippen molar-refractivity contribution >= 4 is 0 Å². The maximum absolute atomic E-state index is 3.26. The Morgan fingerprint density at radius 1 is 0.571 bits per heavy atom. The third kappa shape index (κ3) is 5.64. The van der Waals surface area contributed by atoms with Gasteiger partial charge in [0.25, 0.3) is 0 Å². The summed E-state index contributed by atoms with van der Waals surface area (Å²) in [5.41, 5.74) is 7.14. The zero-order valence-electron chi connectivity index (χ0n) is 16.8. The summed E-state index contributed by atoms with van der Waals surface area (Å²) in [6, 6.07) is 25.6. The molecule has 0 heteroatoms. The van der Waals surface area contributed by atoms with Crippen LogP contribution in [0, 0.1) is 23.7 Å². The summed E-state index contributed by atoms with van der Waals surface area (Å²) in [6.07, 6.45) is 3.98. The Hall–Kier alpha value is -3.22. The first-order chi connectivity index (χ1) is 13.8. The predicted octanol–water partition coefficient (Wildman–Crippen LogP) is 6.66. The summed E-state index contributed by atoms with van der Waals surface area (Å²) in [5.74, 6) is 12.9. The molecule has 0 unspecified atom stereocenters. The zero-order chi connectivity index (χ0) is 19.6. The van der Waals surface area contributed by atoms with Gasteiger partial charge in [-0.05, 0) is 59.4 Å². The second kappa shape index (κ2) is 10.2. The largest absolute Gasteiger partial charge is 0.103 e. The lowest BCUT2D eigenvalue weighted by Crippen LogP contribution is -1.83. The lowest BCUT2D eigenvalue weighted by molar-refractivity contribution is 0.981. The molecule has 138 valence electrons. The highest BCUT2D eigenvalue weighted by Crippen LogP contribution is 2.20. The standard InChI is InChI=1S/C28H26/c1-3-5-6-7-8-24-9-11-25(12-10-24)13-14-26-17-21-28(22-18-26)27-19-15-23(4-2)16-20-27/h9-12,15-22H,3-5,8H2,1-2H3. The summed E-state index contributed by atoms with van der Waals surface area (Å²) in [5, 5.41) is 0. The molecule has 0 aliphatic heterocycles. The van der Waals surface area contributed by atoms with Gasteiger partial charge in [0, 0.05) is 24.0 Å². The number of hydrogen-bond acceptors (Lipinski definition) is 0. The molecule has 0 saturated heterocycles. The van der Waals surface area contributed by atoms with E-state index in [-0.39, 0.29) is 0 Å². The highest BCUT2D eigenvalue weighted by atomic mass is 14.0. The third-order valence-corrected chi connectivity index (χ3v) is 4.68. The first-order valence-corrected chi connectivity index (χ1v) is 10.0. The molecule has 0 saturated carbocycles. The van der Waals surface area contributed by atoms with Gasteiger partial charge in [0.2, 0.25) is 0 Å². The molecule has 0 atom stereocenters. The highest BCUT2D eigenvalue weighted by molar-refractivity contribution is 5.64. The van der Waals surface area contributed by atoms with E-state index >= 15 is 0 Å². The van der Waals surface area contributed by atoms with E-state index in [1.807, 2.05) is 0 Å². The number of hydrogen-bond donors (Lipinski definition) is 0. The molecular weight excluding hydrogens is 336 g/mol. The normalized spacial score (nSPS) is 9.79. The lowest BCUT2D eigenvalue weighted by atomic mass is 10.0. The van der Waals surface area contributed by atoms with Crippen molar-refractivity contribution in [1.29, 1.82) is 0 Å². The van der Waals surface area contributed by atoms with Crippen molar-refractivity contribution in [2.24, 2.45) is 0 Å². The quantitative estimate of drug-likeness (QED) is 0.455. The van der Waals surface area contributed by atoms with Crippen LogP contribution in [0.15, 0.2) is 72.8 Å². The minimum atomic E-state index is 0.814. The van der Waals surface area contributed by atoms with Crippen molar-refractivity contribution in [3.05, 3.63) is 95.1 Å². The van der Waals surface area contributed by atoms with Gasteiger partial charge in [0.1, 0.15) is 0 Å². The van der Waals surface area contributed by atoms with Crippen LogP contribution in [0.2, 0.25) is 0 Å². The Morgan fingerprint density at radius 3 is 1.61 bits per heavy atom. The molecule has 3 rings (SSSR count). The van der Waals surface area contributed by atoms with E-state index in [1.165, 1.54) is 22.3 Å². The van der Waals surface area contributed by atoms with Gasteiger partial charge in [-0.25, -0.2) is 0 Å². The monoisotopic (exact) mass is 362 g/mol. The SMILES string of the molecule is CCCC#CCc1ccc(C#Cc2ccc(-c3ccc(CC)cc3)cc2)cc1. The molecule has 0 bridgehead atoms.